The number of amides is 1. The van der Waals surface area contributed by atoms with E-state index in [-0.39, 0.29) is 17.0 Å². The Morgan fingerprint density at radius 2 is 1.85 bits per heavy atom. The Morgan fingerprint density at radius 1 is 1.23 bits per heavy atom. The summed E-state index contributed by atoms with van der Waals surface area (Å²) < 4.78 is 17.9. The lowest BCUT2D eigenvalue weighted by atomic mass is 10.2. The standard InChI is InChI=1S/C20H33NO4Si/c1-8-19(22)21-16-10-12-17(13-11-16)24-15-18(14-23-9-2)25-26(6,7)20(3,4)5/h8,10-13,18H,1,9,14-15H2,2-7H3,(H,21,22). The van der Waals surface area contributed by atoms with Crippen molar-refractivity contribution in [2.45, 2.75) is 51.9 Å². The molecule has 1 N–H and O–H groups in total. The number of anilines is 1. The lowest BCUT2D eigenvalue weighted by Gasteiger charge is -2.39. The molecule has 1 unspecified atom stereocenters. The van der Waals surface area contributed by atoms with Gasteiger partial charge < -0.3 is 19.2 Å². The maximum absolute atomic E-state index is 11.3. The highest BCUT2D eigenvalue weighted by atomic mass is 28.4. The fraction of sp³-hybridized carbons (Fsp3) is 0.550. The minimum absolute atomic E-state index is 0.115. The van der Waals surface area contributed by atoms with Gasteiger partial charge in [-0.1, -0.05) is 27.4 Å². The molecule has 146 valence electrons. The van der Waals surface area contributed by atoms with E-state index >= 15 is 0 Å². The molecule has 0 aromatic heterocycles. The first-order valence-electron chi connectivity index (χ1n) is 9.01. The Morgan fingerprint density at radius 3 is 2.35 bits per heavy atom. The lowest BCUT2D eigenvalue weighted by molar-refractivity contribution is -0.111. The predicted molar refractivity (Wildman–Crippen MR) is 109 cm³/mol. The van der Waals surface area contributed by atoms with Crippen molar-refractivity contribution in [2.24, 2.45) is 0 Å². The molecule has 1 aromatic rings. The minimum atomic E-state index is -1.90. The number of ether oxygens (including phenoxy) is 2. The van der Waals surface area contributed by atoms with Gasteiger partial charge in [0.05, 0.1) is 6.61 Å². The van der Waals surface area contributed by atoms with Crippen LogP contribution in [-0.2, 0) is 14.0 Å². The second-order valence-electron chi connectivity index (χ2n) is 7.69. The molecule has 0 aliphatic heterocycles. The minimum Gasteiger partial charge on any atom is -0.491 e. The first-order chi connectivity index (χ1) is 12.1. The van der Waals surface area contributed by atoms with Crippen LogP contribution >= 0.6 is 0 Å². The summed E-state index contributed by atoms with van der Waals surface area (Å²) >= 11 is 0. The summed E-state index contributed by atoms with van der Waals surface area (Å²) in [5.74, 6) is 0.486. The average Bonchev–Trinajstić information content (AvgIpc) is 2.57. The fourth-order valence-corrected chi connectivity index (χ4v) is 3.30. The van der Waals surface area contributed by atoms with E-state index in [1.807, 2.05) is 19.1 Å². The molecule has 0 spiro atoms. The van der Waals surface area contributed by atoms with Crippen LogP contribution in [0, 0.1) is 0 Å². The van der Waals surface area contributed by atoms with Crippen molar-refractivity contribution in [2.75, 3.05) is 25.1 Å². The molecule has 1 atom stereocenters. The maximum Gasteiger partial charge on any atom is 0.247 e. The monoisotopic (exact) mass is 379 g/mol. The van der Waals surface area contributed by atoms with Gasteiger partial charge in [-0.15, -0.1) is 0 Å². The van der Waals surface area contributed by atoms with Gasteiger partial charge in [0, 0.05) is 12.3 Å². The smallest absolute Gasteiger partial charge is 0.247 e. The average molecular weight is 380 g/mol. The van der Waals surface area contributed by atoms with Crippen LogP contribution in [0.1, 0.15) is 27.7 Å². The summed E-state index contributed by atoms with van der Waals surface area (Å²) in [5, 5.41) is 2.84. The fourth-order valence-electron chi connectivity index (χ4n) is 1.98. The molecule has 0 saturated heterocycles. The van der Waals surface area contributed by atoms with E-state index in [9.17, 15) is 4.79 Å². The molecule has 0 aliphatic carbocycles. The Hall–Kier alpha value is -1.63. The van der Waals surface area contributed by atoms with E-state index in [1.54, 1.807) is 12.1 Å². The molecular weight excluding hydrogens is 346 g/mol. The molecule has 6 heteroatoms. The second-order valence-corrected chi connectivity index (χ2v) is 12.4. The summed E-state index contributed by atoms with van der Waals surface area (Å²) in [6.45, 7) is 18.1. The molecule has 0 radical (unpaired) electrons. The molecule has 5 nitrogen and oxygen atoms in total. The summed E-state index contributed by atoms with van der Waals surface area (Å²) in [6.07, 6.45) is 1.12. The largest absolute Gasteiger partial charge is 0.491 e. The second kappa shape index (κ2) is 9.90. The number of carbonyl (C=O) groups is 1. The van der Waals surface area contributed by atoms with Gasteiger partial charge in [0.1, 0.15) is 18.5 Å². The Bertz CT molecular complexity index is 578. The van der Waals surface area contributed by atoms with Crippen molar-refractivity contribution >= 4 is 19.9 Å². The Labute approximate surface area is 158 Å². The topological polar surface area (TPSA) is 56.8 Å². The van der Waals surface area contributed by atoms with E-state index in [4.69, 9.17) is 13.9 Å². The van der Waals surface area contributed by atoms with Crippen LogP contribution in [-0.4, -0.2) is 40.1 Å². The summed E-state index contributed by atoms with van der Waals surface area (Å²) in [4.78, 5) is 11.3. The number of carbonyl (C=O) groups excluding carboxylic acids is 1. The van der Waals surface area contributed by atoms with Crippen LogP contribution < -0.4 is 10.1 Å². The Kier molecular flexibility index (Phi) is 8.53. The number of hydrogen-bond donors (Lipinski definition) is 1. The van der Waals surface area contributed by atoms with E-state index in [2.05, 4.69) is 45.8 Å². The van der Waals surface area contributed by atoms with Crippen LogP contribution in [0.3, 0.4) is 0 Å². The zero-order chi connectivity index (χ0) is 19.8. The summed E-state index contributed by atoms with van der Waals surface area (Å²) in [6, 6.07) is 7.23. The molecule has 26 heavy (non-hydrogen) atoms. The number of benzene rings is 1. The molecule has 0 aliphatic rings. The molecule has 0 fully saturated rings. The summed E-state index contributed by atoms with van der Waals surface area (Å²) in [5.41, 5.74) is 0.700. The van der Waals surface area contributed by atoms with Crippen molar-refractivity contribution in [1.82, 2.24) is 0 Å². The molecule has 1 amide bonds. The highest BCUT2D eigenvalue weighted by Gasteiger charge is 2.39. The van der Waals surface area contributed by atoms with Crippen LogP contribution in [0.5, 0.6) is 5.75 Å². The van der Waals surface area contributed by atoms with Crippen molar-refractivity contribution in [3.05, 3.63) is 36.9 Å². The predicted octanol–water partition coefficient (Wildman–Crippen LogP) is 4.62. The van der Waals surface area contributed by atoms with Crippen LogP contribution in [0.2, 0.25) is 18.1 Å². The first kappa shape index (κ1) is 22.4. The van der Waals surface area contributed by atoms with Gasteiger partial charge >= 0.3 is 0 Å². The van der Waals surface area contributed by atoms with E-state index in [0.717, 1.165) is 5.75 Å². The third-order valence-corrected chi connectivity index (χ3v) is 9.05. The summed E-state index contributed by atoms with van der Waals surface area (Å²) in [7, 11) is -1.90. The van der Waals surface area contributed by atoms with E-state index < -0.39 is 8.32 Å². The quantitative estimate of drug-likeness (QED) is 0.476. The highest BCUT2D eigenvalue weighted by Crippen LogP contribution is 2.37. The van der Waals surface area contributed by atoms with Gasteiger partial charge in [0.15, 0.2) is 8.32 Å². The lowest BCUT2D eigenvalue weighted by Crippen LogP contribution is -2.46. The maximum atomic E-state index is 11.3. The zero-order valence-electron chi connectivity index (χ0n) is 16.9. The van der Waals surface area contributed by atoms with Crippen LogP contribution in [0.15, 0.2) is 36.9 Å². The van der Waals surface area contributed by atoms with Crippen LogP contribution in [0.4, 0.5) is 5.69 Å². The molecule has 0 heterocycles. The molecule has 0 bridgehead atoms. The normalized spacial score (nSPS) is 13.2. The molecule has 0 saturated carbocycles. The van der Waals surface area contributed by atoms with Gasteiger partial charge in [-0.2, -0.15) is 0 Å². The SMILES string of the molecule is C=CC(=O)Nc1ccc(OCC(COCC)O[Si](C)(C)C(C)(C)C)cc1. The number of rotatable bonds is 10. The molecule has 1 rings (SSSR count). The van der Waals surface area contributed by atoms with Crippen molar-refractivity contribution in [3.8, 4) is 5.75 Å². The third-order valence-electron chi connectivity index (χ3n) is 4.52. The van der Waals surface area contributed by atoms with Crippen molar-refractivity contribution in [3.63, 3.8) is 0 Å². The first-order valence-corrected chi connectivity index (χ1v) is 11.9. The van der Waals surface area contributed by atoms with E-state index in [0.29, 0.717) is 25.5 Å². The number of hydrogen-bond acceptors (Lipinski definition) is 4. The van der Waals surface area contributed by atoms with E-state index in [1.165, 1.54) is 6.08 Å². The molecular formula is C20H33NO4Si. The van der Waals surface area contributed by atoms with Crippen molar-refractivity contribution < 1.29 is 18.7 Å². The van der Waals surface area contributed by atoms with Gasteiger partial charge in [-0.3, -0.25) is 4.79 Å². The number of nitrogens with one attached hydrogen (secondary N) is 1. The highest BCUT2D eigenvalue weighted by molar-refractivity contribution is 6.74. The van der Waals surface area contributed by atoms with Gasteiger partial charge in [-0.05, 0) is 55.4 Å². The van der Waals surface area contributed by atoms with Gasteiger partial charge in [0.25, 0.3) is 0 Å². The zero-order valence-corrected chi connectivity index (χ0v) is 17.9. The van der Waals surface area contributed by atoms with Crippen LogP contribution in [0.25, 0.3) is 0 Å². The van der Waals surface area contributed by atoms with Crippen molar-refractivity contribution in [1.29, 1.82) is 0 Å². The third kappa shape index (κ3) is 7.31. The van der Waals surface area contributed by atoms with Gasteiger partial charge in [0.2, 0.25) is 5.91 Å². The van der Waals surface area contributed by atoms with Gasteiger partial charge in [-0.25, -0.2) is 0 Å². The molecule has 1 aromatic carbocycles. The Balaban J connectivity index is 2.68.